The van der Waals surface area contributed by atoms with E-state index in [2.05, 4.69) is 4.74 Å². The van der Waals surface area contributed by atoms with Crippen LogP contribution in [-0.2, 0) is 14.3 Å². The summed E-state index contributed by atoms with van der Waals surface area (Å²) in [6.45, 7) is -2.70. The molecule has 1 aliphatic carbocycles. The molecule has 166 valence electrons. The van der Waals surface area contributed by atoms with Crippen LogP contribution in [-0.4, -0.2) is 55.4 Å². The maximum atomic E-state index is 12.9. The van der Waals surface area contributed by atoms with E-state index in [9.17, 15) is 27.2 Å². The largest absolute Gasteiger partial charge is 0.480 e. The highest BCUT2D eigenvalue weighted by molar-refractivity contribution is 5.81. The molecular weight excluding hydrogens is 422 g/mol. The van der Waals surface area contributed by atoms with Crippen molar-refractivity contribution in [3.63, 3.8) is 0 Å². The predicted molar refractivity (Wildman–Crippen MR) is 101 cm³/mol. The molecule has 0 heterocycles. The van der Waals surface area contributed by atoms with Crippen molar-refractivity contribution >= 4 is 12.1 Å². The molecule has 1 aliphatic rings. The van der Waals surface area contributed by atoms with Gasteiger partial charge in [0.25, 0.3) is 0 Å². The van der Waals surface area contributed by atoms with Crippen LogP contribution in [0, 0.1) is 0 Å². The number of carboxylic acid groups (broad SMARTS) is 1. The summed E-state index contributed by atoms with van der Waals surface area (Å²) in [4.78, 5) is 23.3. The highest BCUT2D eigenvalue weighted by atomic mass is 19.3. The van der Waals surface area contributed by atoms with Crippen molar-refractivity contribution in [1.82, 2.24) is 5.32 Å². The van der Waals surface area contributed by atoms with Crippen LogP contribution >= 0.6 is 0 Å². The van der Waals surface area contributed by atoms with E-state index in [0.29, 0.717) is 0 Å². The number of hydrogen-bond donors (Lipinski definition) is 2. The van der Waals surface area contributed by atoms with Gasteiger partial charge in [-0.25, -0.2) is 18.4 Å². The zero-order chi connectivity index (χ0) is 22.6. The summed E-state index contributed by atoms with van der Waals surface area (Å²) in [5, 5.41) is 11.1. The van der Waals surface area contributed by atoms with Crippen molar-refractivity contribution in [3.8, 4) is 11.1 Å². The second-order valence-corrected chi connectivity index (χ2v) is 6.94. The van der Waals surface area contributed by atoms with E-state index in [1.54, 1.807) is 0 Å². The van der Waals surface area contributed by atoms with Gasteiger partial charge in [0.2, 0.25) is 0 Å². The molecular formula is C21H19F4NO5. The smallest absolute Gasteiger partial charge is 0.407 e. The summed E-state index contributed by atoms with van der Waals surface area (Å²) in [6.07, 6.45) is -5.05. The number of alkyl carbamates (subject to hydrolysis) is 1. The van der Waals surface area contributed by atoms with Crippen molar-refractivity contribution in [2.75, 3.05) is 19.8 Å². The van der Waals surface area contributed by atoms with E-state index in [-0.39, 0.29) is 12.5 Å². The zero-order valence-corrected chi connectivity index (χ0v) is 16.1. The molecule has 1 atom stereocenters. The van der Waals surface area contributed by atoms with Crippen molar-refractivity contribution < 1.29 is 41.7 Å². The lowest BCUT2D eigenvalue weighted by Crippen LogP contribution is -2.45. The number of ether oxygens (including phenoxy) is 2. The van der Waals surface area contributed by atoms with Crippen molar-refractivity contribution in [1.29, 1.82) is 0 Å². The fraction of sp³-hybridized carbons (Fsp3) is 0.333. The number of amides is 1. The molecule has 0 spiro atoms. The molecule has 6 nitrogen and oxygen atoms in total. The summed E-state index contributed by atoms with van der Waals surface area (Å²) in [5.41, 5.74) is 3.90. The lowest BCUT2D eigenvalue weighted by molar-refractivity contribution is -0.169. The number of aliphatic carboxylic acids is 1. The van der Waals surface area contributed by atoms with Gasteiger partial charge in [-0.15, -0.1) is 0 Å². The Morgan fingerprint density at radius 1 is 1.03 bits per heavy atom. The lowest BCUT2D eigenvalue weighted by atomic mass is 9.98. The average Bonchev–Trinajstić information content (AvgIpc) is 3.05. The Bertz CT molecular complexity index is 907. The molecule has 10 heteroatoms. The van der Waals surface area contributed by atoms with Crippen LogP contribution in [0.25, 0.3) is 11.1 Å². The molecule has 0 fully saturated rings. The molecule has 0 aromatic heterocycles. The molecule has 31 heavy (non-hydrogen) atoms. The highest BCUT2D eigenvalue weighted by Gasteiger charge is 2.41. The monoisotopic (exact) mass is 441 g/mol. The second-order valence-electron chi connectivity index (χ2n) is 6.94. The van der Waals surface area contributed by atoms with Gasteiger partial charge in [-0.3, -0.25) is 0 Å². The molecule has 1 amide bonds. The van der Waals surface area contributed by atoms with Gasteiger partial charge in [0.15, 0.2) is 6.04 Å². The first-order valence-electron chi connectivity index (χ1n) is 9.28. The fourth-order valence-electron chi connectivity index (χ4n) is 3.33. The Morgan fingerprint density at radius 3 is 2.10 bits per heavy atom. The fourth-order valence-corrected chi connectivity index (χ4v) is 3.33. The number of benzene rings is 2. The number of carboxylic acids is 1. The molecule has 0 saturated carbocycles. The second kappa shape index (κ2) is 9.34. The molecule has 2 aromatic carbocycles. The number of fused-ring (bicyclic) bond motifs is 3. The Balaban J connectivity index is 1.58. The van der Waals surface area contributed by atoms with Gasteiger partial charge in [0, 0.05) is 5.92 Å². The first-order valence-corrected chi connectivity index (χ1v) is 9.28. The van der Waals surface area contributed by atoms with Gasteiger partial charge in [-0.05, 0) is 22.3 Å². The number of carbonyl (C=O) groups is 2. The Kier molecular flexibility index (Phi) is 6.79. The Morgan fingerprint density at radius 2 is 1.58 bits per heavy atom. The van der Waals surface area contributed by atoms with Crippen LogP contribution in [0.1, 0.15) is 17.0 Å². The molecule has 2 aromatic rings. The van der Waals surface area contributed by atoms with E-state index in [1.807, 2.05) is 53.8 Å². The van der Waals surface area contributed by atoms with Gasteiger partial charge in [-0.1, -0.05) is 48.5 Å². The van der Waals surface area contributed by atoms with Gasteiger partial charge in [0.05, 0.1) is 6.61 Å². The van der Waals surface area contributed by atoms with Crippen molar-refractivity contribution in [3.05, 3.63) is 59.7 Å². The summed E-state index contributed by atoms with van der Waals surface area (Å²) in [5.74, 6) is -6.27. The highest BCUT2D eigenvalue weighted by Crippen LogP contribution is 2.44. The number of carbonyl (C=O) groups excluding carboxylic acids is 1. The van der Waals surface area contributed by atoms with Gasteiger partial charge in [-0.2, -0.15) is 8.78 Å². The number of nitrogens with one attached hydrogen (secondary N) is 1. The van der Waals surface area contributed by atoms with E-state index in [1.165, 1.54) is 0 Å². The van der Waals surface area contributed by atoms with Gasteiger partial charge < -0.3 is 19.9 Å². The van der Waals surface area contributed by atoms with E-state index < -0.39 is 43.7 Å². The van der Waals surface area contributed by atoms with Gasteiger partial charge >= 0.3 is 24.4 Å². The topological polar surface area (TPSA) is 84.9 Å². The third kappa shape index (κ3) is 5.13. The molecule has 0 unspecified atom stereocenters. The van der Waals surface area contributed by atoms with E-state index in [0.717, 1.165) is 22.3 Å². The number of halogens is 4. The molecule has 0 aliphatic heterocycles. The molecule has 2 N–H and O–H groups in total. The van der Waals surface area contributed by atoms with Crippen LogP contribution in [0.2, 0.25) is 0 Å². The lowest BCUT2D eigenvalue weighted by Gasteiger charge is -2.19. The molecule has 0 saturated heterocycles. The normalized spacial score (nSPS) is 14.1. The SMILES string of the molecule is O=C(N[C@@H](COCC(F)(F)C(F)F)C(=O)O)OCC1c2ccccc2-c2ccccc21. The minimum Gasteiger partial charge on any atom is -0.480 e. The minimum atomic E-state index is -4.42. The Labute approximate surface area is 174 Å². The number of alkyl halides is 4. The number of hydrogen-bond acceptors (Lipinski definition) is 4. The predicted octanol–water partition coefficient (Wildman–Crippen LogP) is 3.90. The summed E-state index contributed by atoms with van der Waals surface area (Å²) in [7, 11) is 0. The van der Waals surface area contributed by atoms with E-state index >= 15 is 0 Å². The van der Waals surface area contributed by atoms with Crippen molar-refractivity contribution in [2.45, 2.75) is 24.3 Å². The third-order valence-electron chi connectivity index (χ3n) is 4.83. The van der Waals surface area contributed by atoms with E-state index in [4.69, 9.17) is 9.84 Å². The maximum Gasteiger partial charge on any atom is 0.407 e. The standard InChI is InChI=1S/C21H19F4NO5/c22-19(23)21(24,25)11-30-10-17(18(27)28)26-20(29)31-9-16-14-7-3-1-5-12(14)13-6-2-4-8-15(13)16/h1-8,16-17,19H,9-11H2,(H,26,29)(H,27,28)/t17-/m0/s1. The third-order valence-corrected chi connectivity index (χ3v) is 4.83. The van der Waals surface area contributed by atoms with Crippen LogP contribution < -0.4 is 5.32 Å². The van der Waals surface area contributed by atoms with Crippen LogP contribution in [0.3, 0.4) is 0 Å². The molecule has 3 rings (SSSR count). The van der Waals surface area contributed by atoms with Crippen LogP contribution in [0.15, 0.2) is 48.5 Å². The van der Waals surface area contributed by atoms with Crippen molar-refractivity contribution in [2.24, 2.45) is 0 Å². The van der Waals surface area contributed by atoms with Crippen LogP contribution in [0.4, 0.5) is 22.4 Å². The quantitative estimate of drug-likeness (QED) is 0.577. The first kappa shape index (κ1) is 22.5. The molecule has 0 bridgehead atoms. The van der Waals surface area contributed by atoms with Gasteiger partial charge in [0.1, 0.15) is 13.2 Å². The average molecular weight is 441 g/mol. The first-order chi connectivity index (χ1) is 14.7. The Hall–Kier alpha value is -3.14. The number of rotatable bonds is 9. The van der Waals surface area contributed by atoms with Crippen LogP contribution in [0.5, 0.6) is 0 Å². The summed E-state index contributed by atoms with van der Waals surface area (Å²) >= 11 is 0. The summed E-state index contributed by atoms with van der Waals surface area (Å²) in [6, 6.07) is 13.4. The molecule has 0 radical (unpaired) electrons. The minimum absolute atomic E-state index is 0.0868. The maximum absolute atomic E-state index is 12.9. The summed E-state index contributed by atoms with van der Waals surface area (Å²) < 4.78 is 59.5. The zero-order valence-electron chi connectivity index (χ0n) is 16.1.